The van der Waals surface area contributed by atoms with Crippen molar-refractivity contribution in [3.8, 4) is 23.0 Å². The van der Waals surface area contributed by atoms with E-state index in [1.165, 1.54) is 56.7 Å². The second-order valence-corrected chi connectivity index (χ2v) is 10.7. The van der Waals surface area contributed by atoms with Crippen LogP contribution in [0.3, 0.4) is 0 Å². The summed E-state index contributed by atoms with van der Waals surface area (Å²) in [5, 5.41) is 20.0. The zero-order chi connectivity index (χ0) is 37.0. The fourth-order valence-corrected chi connectivity index (χ4v) is 4.69. The number of hydrogen-bond acceptors (Lipinski definition) is 15. The Morgan fingerprint density at radius 2 is 1.28 bits per heavy atom. The molecular weight excluding hydrogens is 660 g/mol. The van der Waals surface area contributed by atoms with E-state index in [1.54, 1.807) is 18.2 Å². The maximum absolute atomic E-state index is 12.3. The molecule has 0 saturated carbocycles. The molecule has 1 aliphatic heterocycles. The first-order valence-corrected chi connectivity index (χ1v) is 15.0. The molecule has 0 aliphatic carbocycles. The minimum Gasteiger partial charge on any atom is -0.508 e. The van der Waals surface area contributed by atoms with Crippen molar-refractivity contribution in [1.29, 1.82) is 0 Å². The second-order valence-electron chi connectivity index (χ2n) is 10.7. The van der Waals surface area contributed by atoms with Gasteiger partial charge in [-0.25, -0.2) is 0 Å². The number of benzene rings is 2. The third-order valence-electron chi connectivity index (χ3n) is 6.76. The summed E-state index contributed by atoms with van der Waals surface area (Å²) in [6, 6.07) is 9.14. The van der Waals surface area contributed by atoms with E-state index in [0.29, 0.717) is 11.1 Å². The van der Waals surface area contributed by atoms with Crippen LogP contribution in [-0.4, -0.2) is 91.4 Å². The number of phenolic OH excluding ortho intramolecular Hbond substituents is 1. The van der Waals surface area contributed by atoms with Gasteiger partial charge in [0.2, 0.25) is 12.4 Å². The highest BCUT2D eigenvalue weighted by Crippen LogP contribution is 2.35. The normalized spacial score (nSPS) is 20.5. The highest BCUT2D eigenvalue weighted by atomic mass is 16.7. The van der Waals surface area contributed by atoms with Gasteiger partial charge in [0.15, 0.2) is 41.0 Å². The Balaban J connectivity index is 1.85. The van der Waals surface area contributed by atoms with Gasteiger partial charge < -0.3 is 48.1 Å². The van der Waals surface area contributed by atoms with Crippen LogP contribution < -0.4 is 14.2 Å². The lowest BCUT2D eigenvalue weighted by molar-refractivity contribution is -0.288. The van der Waals surface area contributed by atoms with E-state index in [2.05, 4.69) is 0 Å². The van der Waals surface area contributed by atoms with Crippen LogP contribution in [0.2, 0.25) is 0 Å². The SMILES string of the molecule is COc1cc(/C=C/C(=O)/C=C(O)/C=C/c2ccc(O[C@@H]3O[C@H](COC(C)=O)[C@@H](OC(C)=O)[C@H](OC(C)=O)[C@H]3OC(C)=O)c(OC)c2)ccc1O. The van der Waals surface area contributed by atoms with Gasteiger partial charge in [-0.05, 0) is 47.5 Å². The van der Waals surface area contributed by atoms with E-state index in [0.717, 1.165) is 33.8 Å². The molecule has 1 fully saturated rings. The van der Waals surface area contributed by atoms with Gasteiger partial charge in [0.05, 0.1) is 14.2 Å². The van der Waals surface area contributed by atoms with E-state index in [1.807, 2.05) is 0 Å². The Hall–Kier alpha value is -5.83. The number of aromatic hydroxyl groups is 1. The Kier molecular flexibility index (Phi) is 14.0. The van der Waals surface area contributed by atoms with Crippen molar-refractivity contribution >= 4 is 41.8 Å². The van der Waals surface area contributed by atoms with Crippen molar-refractivity contribution < 1.29 is 72.1 Å². The number of aliphatic hydroxyl groups excluding tert-OH is 1. The lowest BCUT2D eigenvalue weighted by atomic mass is 9.98. The zero-order valence-corrected chi connectivity index (χ0v) is 28.1. The fraction of sp³-hybridized carbons (Fsp3) is 0.343. The molecule has 0 spiro atoms. The van der Waals surface area contributed by atoms with E-state index >= 15 is 0 Å². The molecule has 1 heterocycles. The lowest BCUT2D eigenvalue weighted by Crippen LogP contribution is -2.63. The van der Waals surface area contributed by atoms with E-state index in [4.69, 9.17) is 37.9 Å². The van der Waals surface area contributed by atoms with Crippen molar-refractivity contribution in [1.82, 2.24) is 0 Å². The maximum Gasteiger partial charge on any atom is 0.303 e. The van der Waals surface area contributed by atoms with E-state index in [-0.39, 0.29) is 28.8 Å². The summed E-state index contributed by atoms with van der Waals surface area (Å²) >= 11 is 0. The Labute approximate surface area is 287 Å². The van der Waals surface area contributed by atoms with Crippen LogP contribution in [0.5, 0.6) is 23.0 Å². The van der Waals surface area contributed by atoms with Crippen molar-refractivity contribution in [2.75, 3.05) is 20.8 Å². The number of methoxy groups -OCH3 is 2. The Bertz CT molecular complexity index is 1660. The van der Waals surface area contributed by atoms with Gasteiger partial charge in [-0.2, -0.15) is 0 Å². The second kappa shape index (κ2) is 18.1. The summed E-state index contributed by atoms with van der Waals surface area (Å²) in [6.45, 7) is 4.05. The summed E-state index contributed by atoms with van der Waals surface area (Å²) in [5.74, 6) is -3.44. The number of allylic oxidation sites excluding steroid dienone is 3. The Morgan fingerprint density at radius 3 is 1.88 bits per heavy atom. The molecule has 0 radical (unpaired) electrons. The first kappa shape index (κ1) is 38.6. The van der Waals surface area contributed by atoms with Crippen LogP contribution >= 0.6 is 0 Å². The van der Waals surface area contributed by atoms with Gasteiger partial charge in [-0.1, -0.05) is 24.3 Å². The van der Waals surface area contributed by atoms with Crippen LogP contribution in [0.1, 0.15) is 38.8 Å². The van der Waals surface area contributed by atoms with Gasteiger partial charge >= 0.3 is 23.9 Å². The van der Waals surface area contributed by atoms with Crippen LogP contribution in [0.25, 0.3) is 12.2 Å². The lowest BCUT2D eigenvalue weighted by Gasteiger charge is -2.44. The molecule has 0 bridgehead atoms. The first-order chi connectivity index (χ1) is 23.7. The molecule has 0 unspecified atom stereocenters. The molecule has 1 aliphatic rings. The molecule has 0 aromatic heterocycles. The summed E-state index contributed by atoms with van der Waals surface area (Å²) in [6.07, 6.45) is -0.428. The maximum atomic E-state index is 12.3. The van der Waals surface area contributed by atoms with Crippen molar-refractivity contribution in [2.45, 2.75) is 58.4 Å². The number of hydrogen-bond donors (Lipinski definition) is 2. The minimum atomic E-state index is -1.49. The highest BCUT2D eigenvalue weighted by Gasteiger charge is 2.53. The number of carbonyl (C=O) groups is 5. The number of phenols is 1. The van der Waals surface area contributed by atoms with Crippen molar-refractivity contribution in [2.24, 2.45) is 0 Å². The zero-order valence-electron chi connectivity index (χ0n) is 28.1. The molecule has 15 nitrogen and oxygen atoms in total. The number of esters is 4. The molecule has 2 aromatic rings. The van der Waals surface area contributed by atoms with E-state index < -0.39 is 67.0 Å². The minimum absolute atomic E-state index is 0.0458. The molecular formula is C35H38O15. The number of ether oxygens (including phenoxy) is 8. The highest BCUT2D eigenvalue weighted by molar-refractivity contribution is 6.02. The average molecular weight is 699 g/mol. The fourth-order valence-electron chi connectivity index (χ4n) is 4.69. The first-order valence-electron chi connectivity index (χ1n) is 15.0. The molecule has 50 heavy (non-hydrogen) atoms. The third kappa shape index (κ3) is 11.4. The summed E-state index contributed by atoms with van der Waals surface area (Å²) < 4.78 is 43.9. The van der Waals surface area contributed by atoms with Crippen LogP contribution in [0.4, 0.5) is 0 Å². The molecule has 5 atom stereocenters. The van der Waals surface area contributed by atoms with Crippen LogP contribution in [0, 0.1) is 0 Å². The van der Waals surface area contributed by atoms with Gasteiger partial charge in [0.1, 0.15) is 18.5 Å². The smallest absolute Gasteiger partial charge is 0.303 e. The molecule has 3 rings (SSSR count). The van der Waals surface area contributed by atoms with Crippen molar-refractivity contribution in [3.63, 3.8) is 0 Å². The van der Waals surface area contributed by atoms with Crippen LogP contribution in [-0.2, 0) is 47.7 Å². The molecule has 0 amide bonds. The standard InChI is InChI=1S/C35H38O15/c1-19(36)45-18-31-32(46-20(2)37)33(47-21(3)38)34(48-22(4)39)35(50-31)49-28-14-10-24(16-30(28)44-6)8-12-26(41)17-25(40)11-7-23-9-13-27(42)29(15-23)43-5/h7-17,31-35,41-42H,18H2,1-6H3/b11-7+,12-8+,26-17-/t31-,32-,33+,34-,35-/m1/s1. The predicted octanol–water partition coefficient (Wildman–Crippen LogP) is 3.61. The summed E-state index contributed by atoms with van der Waals surface area (Å²) in [4.78, 5) is 60.1. The number of aliphatic hydroxyl groups is 1. The van der Waals surface area contributed by atoms with Gasteiger partial charge in [-0.3, -0.25) is 24.0 Å². The van der Waals surface area contributed by atoms with Gasteiger partial charge in [0.25, 0.3) is 0 Å². The predicted molar refractivity (Wildman–Crippen MR) is 174 cm³/mol. The molecule has 2 aromatic carbocycles. The third-order valence-corrected chi connectivity index (χ3v) is 6.76. The summed E-state index contributed by atoms with van der Waals surface area (Å²) in [5.41, 5.74) is 1.10. The number of ketones is 1. The average Bonchev–Trinajstić information content (AvgIpc) is 3.04. The number of carbonyl (C=O) groups excluding carboxylic acids is 5. The van der Waals surface area contributed by atoms with E-state index in [9.17, 15) is 34.2 Å². The largest absolute Gasteiger partial charge is 0.508 e. The quantitative estimate of drug-likeness (QED) is 0.0952. The van der Waals surface area contributed by atoms with Gasteiger partial charge in [-0.15, -0.1) is 0 Å². The monoisotopic (exact) mass is 698 g/mol. The van der Waals surface area contributed by atoms with Crippen molar-refractivity contribution in [3.05, 3.63) is 71.5 Å². The molecule has 268 valence electrons. The van der Waals surface area contributed by atoms with Crippen LogP contribution in [0.15, 0.2) is 60.4 Å². The molecule has 1 saturated heterocycles. The molecule has 15 heteroatoms. The topological polar surface area (TPSA) is 200 Å². The number of rotatable bonds is 14. The van der Waals surface area contributed by atoms with Gasteiger partial charge in [0, 0.05) is 33.8 Å². The summed E-state index contributed by atoms with van der Waals surface area (Å²) in [7, 11) is 2.76. The molecule has 2 N–H and O–H groups in total. The Morgan fingerprint density at radius 1 is 0.720 bits per heavy atom.